The van der Waals surface area contributed by atoms with E-state index in [1.165, 1.54) is 6.07 Å². The van der Waals surface area contributed by atoms with Crippen molar-refractivity contribution in [2.75, 3.05) is 20.3 Å². The van der Waals surface area contributed by atoms with Crippen LogP contribution in [-0.2, 0) is 14.9 Å². The van der Waals surface area contributed by atoms with Gasteiger partial charge in [-0.25, -0.2) is 4.39 Å². The first-order valence-corrected chi connectivity index (χ1v) is 5.73. The summed E-state index contributed by atoms with van der Waals surface area (Å²) >= 11 is 0. The monoisotopic (exact) mass is 237 g/mol. The minimum Gasteiger partial charge on any atom is -0.383 e. The van der Waals surface area contributed by atoms with E-state index in [2.05, 4.69) is 5.32 Å². The molecule has 0 aliphatic heterocycles. The SMILES string of the molecule is COCCNC(=O)C1(c2ccccc2F)CC1. The minimum atomic E-state index is -0.640. The molecule has 0 aromatic heterocycles. The predicted octanol–water partition coefficient (Wildman–Crippen LogP) is 1.62. The number of methoxy groups -OCH3 is 1. The number of benzene rings is 1. The summed E-state index contributed by atoms with van der Waals surface area (Å²) in [4.78, 5) is 12.0. The van der Waals surface area contributed by atoms with E-state index in [1.54, 1.807) is 25.3 Å². The number of amides is 1. The molecule has 1 aromatic rings. The fraction of sp³-hybridized carbons (Fsp3) is 0.462. The third-order valence-corrected chi connectivity index (χ3v) is 3.17. The molecule has 1 aliphatic rings. The first-order valence-electron chi connectivity index (χ1n) is 5.73. The molecule has 1 fully saturated rings. The number of ether oxygens (including phenoxy) is 1. The Morgan fingerprint density at radius 2 is 2.18 bits per heavy atom. The minimum absolute atomic E-state index is 0.0975. The molecule has 1 aliphatic carbocycles. The Bertz CT molecular complexity index is 416. The van der Waals surface area contributed by atoms with Gasteiger partial charge in [-0.3, -0.25) is 4.79 Å². The number of hydrogen-bond acceptors (Lipinski definition) is 2. The second-order valence-electron chi connectivity index (χ2n) is 4.31. The number of rotatable bonds is 5. The van der Waals surface area contributed by atoms with Crippen molar-refractivity contribution in [3.8, 4) is 0 Å². The van der Waals surface area contributed by atoms with Gasteiger partial charge in [-0.05, 0) is 18.9 Å². The highest BCUT2D eigenvalue weighted by Gasteiger charge is 2.52. The van der Waals surface area contributed by atoms with Crippen LogP contribution in [0.3, 0.4) is 0 Å². The van der Waals surface area contributed by atoms with Gasteiger partial charge in [0.2, 0.25) is 5.91 Å². The zero-order valence-electron chi connectivity index (χ0n) is 9.83. The van der Waals surface area contributed by atoms with Crippen molar-refractivity contribution < 1.29 is 13.9 Å². The van der Waals surface area contributed by atoms with Gasteiger partial charge in [0.15, 0.2) is 0 Å². The highest BCUT2D eigenvalue weighted by atomic mass is 19.1. The normalized spacial score (nSPS) is 16.6. The molecule has 1 saturated carbocycles. The van der Waals surface area contributed by atoms with Crippen LogP contribution < -0.4 is 5.32 Å². The van der Waals surface area contributed by atoms with Gasteiger partial charge in [-0.15, -0.1) is 0 Å². The summed E-state index contributed by atoms with van der Waals surface area (Å²) < 4.78 is 18.5. The van der Waals surface area contributed by atoms with Crippen LogP contribution in [0, 0.1) is 5.82 Å². The van der Waals surface area contributed by atoms with E-state index in [0.29, 0.717) is 31.6 Å². The Kier molecular flexibility index (Phi) is 3.43. The van der Waals surface area contributed by atoms with E-state index >= 15 is 0 Å². The molecule has 0 unspecified atom stereocenters. The lowest BCUT2D eigenvalue weighted by molar-refractivity contribution is -0.123. The largest absolute Gasteiger partial charge is 0.383 e. The summed E-state index contributed by atoms with van der Waals surface area (Å²) in [5.41, 5.74) is -0.131. The lowest BCUT2D eigenvalue weighted by Crippen LogP contribution is -2.37. The van der Waals surface area contributed by atoms with Crippen molar-refractivity contribution >= 4 is 5.91 Å². The third-order valence-electron chi connectivity index (χ3n) is 3.17. The van der Waals surface area contributed by atoms with Crippen molar-refractivity contribution in [2.24, 2.45) is 0 Å². The fourth-order valence-corrected chi connectivity index (χ4v) is 2.03. The predicted molar refractivity (Wildman–Crippen MR) is 62.2 cm³/mol. The van der Waals surface area contributed by atoms with Crippen molar-refractivity contribution in [2.45, 2.75) is 18.3 Å². The van der Waals surface area contributed by atoms with Crippen LogP contribution in [0.2, 0.25) is 0 Å². The van der Waals surface area contributed by atoms with Gasteiger partial charge >= 0.3 is 0 Å². The van der Waals surface area contributed by atoms with Crippen LogP contribution in [0.1, 0.15) is 18.4 Å². The third kappa shape index (κ3) is 2.31. The van der Waals surface area contributed by atoms with Crippen LogP contribution in [0.5, 0.6) is 0 Å². The molecule has 4 heteroatoms. The molecule has 17 heavy (non-hydrogen) atoms. The topological polar surface area (TPSA) is 38.3 Å². The fourth-order valence-electron chi connectivity index (χ4n) is 2.03. The highest BCUT2D eigenvalue weighted by Crippen LogP contribution is 2.49. The van der Waals surface area contributed by atoms with E-state index in [4.69, 9.17) is 4.74 Å². The average molecular weight is 237 g/mol. The highest BCUT2D eigenvalue weighted by molar-refractivity contribution is 5.91. The second kappa shape index (κ2) is 4.84. The molecule has 0 bridgehead atoms. The van der Waals surface area contributed by atoms with E-state index in [9.17, 15) is 9.18 Å². The van der Waals surface area contributed by atoms with Crippen LogP contribution in [0.4, 0.5) is 4.39 Å². The van der Waals surface area contributed by atoms with Crippen LogP contribution >= 0.6 is 0 Å². The zero-order valence-corrected chi connectivity index (χ0v) is 9.83. The quantitative estimate of drug-likeness (QED) is 0.790. The molecule has 0 atom stereocenters. The van der Waals surface area contributed by atoms with E-state index in [1.807, 2.05) is 0 Å². The Labute approximate surface area is 100.0 Å². The maximum absolute atomic E-state index is 13.7. The Morgan fingerprint density at radius 1 is 1.47 bits per heavy atom. The first-order chi connectivity index (χ1) is 8.20. The molecule has 2 rings (SSSR count). The Morgan fingerprint density at radius 3 is 2.76 bits per heavy atom. The molecule has 0 saturated heterocycles. The lowest BCUT2D eigenvalue weighted by atomic mass is 9.94. The molecule has 0 spiro atoms. The molecular formula is C13H16FNO2. The summed E-state index contributed by atoms with van der Waals surface area (Å²) in [7, 11) is 1.58. The number of carbonyl (C=O) groups is 1. The van der Waals surface area contributed by atoms with Gasteiger partial charge in [0.1, 0.15) is 5.82 Å². The van der Waals surface area contributed by atoms with E-state index in [-0.39, 0.29) is 11.7 Å². The van der Waals surface area contributed by atoms with Crippen LogP contribution in [0.25, 0.3) is 0 Å². The average Bonchev–Trinajstić information content (AvgIpc) is 3.11. The molecule has 1 N–H and O–H groups in total. The van der Waals surface area contributed by atoms with Gasteiger partial charge in [0, 0.05) is 19.2 Å². The first kappa shape index (κ1) is 12.0. The summed E-state index contributed by atoms with van der Waals surface area (Å²) in [5, 5.41) is 2.78. The molecule has 0 heterocycles. The Balaban J connectivity index is 2.09. The zero-order chi connectivity index (χ0) is 12.3. The smallest absolute Gasteiger partial charge is 0.230 e. The number of halogens is 1. The summed E-state index contributed by atoms with van der Waals surface area (Å²) in [6, 6.07) is 6.49. The summed E-state index contributed by atoms with van der Waals surface area (Å²) in [6.45, 7) is 0.935. The van der Waals surface area contributed by atoms with E-state index < -0.39 is 5.41 Å². The maximum Gasteiger partial charge on any atom is 0.230 e. The Hall–Kier alpha value is -1.42. The van der Waals surface area contributed by atoms with Crippen LogP contribution in [-0.4, -0.2) is 26.2 Å². The van der Waals surface area contributed by atoms with Gasteiger partial charge in [-0.1, -0.05) is 18.2 Å². The van der Waals surface area contributed by atoms with E-state index in [0.717, 1.165) is 0 Å². The van der Waals surface area contributed by atoms with Gasteiger partial charge in [-0.2, -0.15) is 0 Å². The molecule has 1 aromatic carbocycles. The van der Waals surface area contributed by atoms with Gasteiger partial charge in [0.05, 0.1) is 12.0 Å². The molecular weight excluding hydrogens is 221 g/mol. The van der Waals surface area contributed by atoms with Crippen molar-refractivity contribution in [3.63, 3.8) is 0 Å². The standard InChI is InChI=1S/C13H16FNO2/c1-17-9-8-15-12(16)13(6-7-13)10-4-2-3-5-11(10)14/h2-5H,6-9H2,1H3,(H,15,16). The number of hydrogen-bond donors (Lipinski definition) is 1. The lowest BCUT2D eigenvalue weighted by Gasteiger charge is -2.16. The van der Waals surface area contributed by atoms with Crippen molar-refractivity contribution in [1.29, 1.82) is 0 Å². The number of nitrogens with one attached hydrogen (secondary N) is 1. The molecule has 3 nitrogen and oxygen atoms in total. The van der Waals surface area contributed by atoms with Crippen molar-refractivity contribution in [3.05, 3.63) is 35.6 Å². The van der Waals surface area contributed by atoms with Crippen molar-refractivity contribution in [1.82, 2.24) is 5.32 Å². The summed E-state index contributed by atoms with van der Waals surface area (Å²) in [6.07, 6.45) is 1.43. The molecule has 92 valence electrons. The summed E-state index contributed by atoms with van der Waals surface area (Å²) in [5.74, 6) is -0.397. The second-order valence-corrected chi connectivity index (χ2v) is 4.31. The van der Waals surface area contributed by atoms with Crippen LogP contribution in [0.15, 0.2) is 24.3 Å². The maximum atomic E-state index is 13.7. The number of carbonyl (C=O) groups excluding carboxylic acids is 1. The van der Waals surface area contributed by atoms with Gasteiger partial charge in [0.25, 0.3) is 0 Å². The molecule has 1 amide bonds. The molecule has 0 radical (unpaired) electrons. The van der Waals surface area contributed by atoms with Gasteiger partial charge < -0.3 is 10.1 Å².